The molecule has 2 heterocycles. The van der Waals surface area contributed by atoms with Gasteiger partial charge in [0.15, 0.2) is 0 Å². The van der Waals surface area contributed by atoms with Gasteiger partial charge in [-0.05, 0) is 37.6 Å². The summed E-state index contributed by atoms with van der Waals surface area (Å²) in [6.07, 6.45) is 1.95. The van der Waals surface area contributed by atoms with E-state index in [0.717, 1.165) is 19.4 Å². The van der Waals surface area contributed by atoms with Crippen LogP contribution in [0.5, 0.6) is 0 Å². The first-order valence-corrected chi connectivity index (χ1v) is 7.26. The van der Waals surface area contributed by atoms with Gasteiger partial charge in [0.25, 0.3) is 5.91 Å². The molecule has 21 heavy (non-hydrogen) atoms. The van der Waals surface area contributed by atoms with Crippen molar-refractivity contribution in [3.63, 3.8) is 0 Å². The van der Waals surface area contributed by atoms with E-state index in [2.05, 4.69) is 36.8 Å². The molecule has 3 rings (SSSR count). The molecule has 1 saturated heterocycles. The summed E-state index contributed by atoms with van der Waals surface area (Å²) in [5, 5.41) is 13.3. The Morgan fingerprint density at radius 3 is 3.10 bits per heavy atom. The number of nitrogens with zero attached hydrogens (tertiary/aromatic N) is 2. The highest BCUT2D eigenvalue weighted by Crippen LogP contribution is 2.23. The molecule has 1 aliphatic rings. The van der Waals surface area contributed by atoms with E-state index in [0.29, 0.717) is 10.4 Å². The van der Waals surface area contributed by atoms with Gasteiger partial charge >= 0.3 is 6.01 Å². The fourth-order valence-electron chi connectivity index (χ4n) is 2.16. The molecule has 0 spiro atoms. The number of rotatable bonds is 3. The van der Waals surface area contributed by atoms with Crippen molar-refractivity contribution >= 4 is 27.9 Å². The first-order chi connectivity index (χ1) is 10.1. The van der Waals surface area contributed by atoms with Crippen LogP contribution in [0.1, 0.15) is 35.1 Å². The van der Waals surface area contributed by atoms with Crippen molar-refractivity contribution in [1.29, 1.82) is 0 Å². The molecule has 0 radical (unpaired) electrons. The maximum absolute atomic E-state index is 13.6. The quantitative estimate of drug-likeness (QED) is 0.885. The molecule has 1 aromatic heterocycles. The SMILES string of the molecule is O=C(Nc1nnc(C2CCCN2)o1)c1cc(Br)ccc1F. The predicted molar refractivity (Wildman–Crippen MR) is 76.3 cm³/mol. The molecule has 1 amide bonds. The second-order valence-electron chi connectivity index (χ2n) is 4.67. The molecule has 6 nitrogen and oxygen atoms in total. The minimum Gasteiger partial charge on any atom is -0.406 e. The molecule has 0 aliphatic carbocycles. The van der Waals surface area contributed by atoms with Crippen molar-refractivity contribution in [2.75, 3.05) is 11.9 Å². The Morgan fingerprint density at radius 1 is 1.48 bits per heavy atom. The summed E-state index contributed by atoms with van der Waals surface area (Å²) in [6, 6.07) is 4.10. The van der Waals surface area contributed by atoms with Crippen molar-refractivity contribution in [3.05, 3.63) is 39.9 Å². The van der Waals surface area contributed by atoms with Crippen LogP contribution < -0.4 is 10.6 Å². The number of carbonyl (C=O) groups excluding carboxylic acids is 1. The second-order valence-corrected chi connectivity index (χ2v) is 5.59. The summed E-state index contributed by atoms with van der Waals surface area (Å²) in [5.41, 5.74) is -0.0943. The van der Waals surface area contributed by atoms with E-state index in [1.807, 2.05) is 0 Å². The summed E-state index contributed by atoms with van der Waals surface area (Å²) in [7, 11) is 0. The van der Waals surface area contributed by atoms with Gasteiger partial charge in [-0.25, -0.2) is 4.39 Å². The van der Waals surface area contributed by atoms with E-state index < -0.39 is 11.7 Å². The van der Waals surface area contributed by atoms with Gasteiger partial charge in [-0.15, -0.1) is 5.10 Å². The molecule has 1 atom stereocenters. The zero-order valence-electron chi connectivity index (χ0n) is 10.9. The molecule has 1 aromatic carbocycles. The molecule has 0 bridgehead atoms. The number of halogens is 2. The summed E-state index contributed by atoms with van der Waals surface area (Å²) in [5.74, 6) is -0.825. The van der Waals surface area contributed by atoms with Crippen molar-refractivity contribution in [3.8, 4) is 0 Å². The van der Waals surface area contributed by atoms with Crippen LogP contribution in [0, 0.1) is 5.82 Å². The molecule has 2 aromatic rings. The summed E-state index contributed by atoms with van der Waals surface area (Å²) < 4.78 is 19.6. The van der Waals surface area contributed by atoms with E-state index in [4.69, 9.17) is 4.42 Å². The number of hydrogen-bond acceptors (Lipinski definition) is 5. The van der Waals surface area contributed by atoms with Gasteiger partial charge in [0.05, 0.1) is 11.6 Å². The average Bonchev–Trinajstić information content (AvgIpc) is 3.11. The third kappa shape index (κ3) is 3.11. The van der Waals surface area contributed by atoms with Crippen LogP contribution in [0.3, 0.4) is 0 Å². The van der Waals surface area contributed by atoms with Crippen molar-refractivity contribution in [2.24, 2.45) is 0 Å². The van der Waals surface area contributed by atoms with Crippen molar-refractivity contribution < 1.29 is 13.6 Å². The second kappa shape index (κ2) is 5.90. The van der Waals surface area contributed by atoms with E-state index in [9.17, 15) is 9.18 Å². The van der Waals surface area contributed by atoms with Crippen LogP contribution in [0.15, 0.2) is 27.1 Å². The molecular formula is C13H12BrFN4O2. The number of nitrogens with one attached hydrogen (secondary N) is 2. The minimum atomic E-state index is -0.636. The van der Waals surface area contributed by atoms with E-state index in [1.165, 1.54) is 18.2 Å². The van der Waals surface area contributed by atoms with Gasteiger partial charge < -0.3 is 9.73 Å². The van der Waals surface area contributed by atoms with Gasteiger partial charge in [0, 0.05) is 4.47 Å². The summed E-state index contributed by atoms with van der Waals surface area (Å²) in [6.45, 7) is 0.901. The van der Waals surface area contributed by atoms with Gasteiger partial charge in [0.1, 0.15) is 5.82 Å². The van der Waals surface area contributed by atoms with Crippen LogP contribution in [0.4, 0.5) is 10.4 Å². The predicted octanol–water partition coefficient (Wildman–Crippen LogP) is 2.65. The fourth-order valence-corrected chi connectivity index (χ4v) is 2.52. The van der Waals surface area contributed by atoms with Crippen LogP contribution >= 0.6 is 15.9 Å². The Bertz CT molecular complexity index is 670. The number of carbonyl (C=O) groups is 1. The van der Waals surface area contributed by atoms with E-state index in [-0.39, 0.29) is 17.6 Å². The lowest BCUT2D eigenvalue weighted by atomic mass is 10.2. The maximum atomic E-state index is 13.6. The largest absolute Gasteiger partial charge is 0.406 e. The number of hydrogen-bond donors (Lipinski definition) is 2. The third-order valence-electron chi connectivity index (χ3n) is 3.19. The first kappa shape index (κ1) is 14.2. The molecular weight excluding hydrogens is 343 g/mol. The molecule has 0 saturated carbocycles. The Hall–Kier alpha value is -1.80. The highest BCUT2D eigenvalue weighted by atomic mass is 79.9. The smallest absolute Gasteiger partial charge is 0.322 e. The van der Waals surface area contributed by atoms with E-state index in [1.54, 1.807) is 0 Å². The lowest BCUT2D eigenvalue weighted by Gasteiger charge is -2.04. The van der Waals surface area contributed by atoms with Crippen LogP contribution in [0.25, 0.3) is 0 Å². The van der Waals surface area contributed by atoms with Gasteiger partial charge in [0.2, 0.25) is 5.89 Å². The van der Waals surface area contributed by atoms with Crippen molar-refractivity contribution in [1.82, 2.24) is 15.5 Å². The normalized spacial score (nSPS) is 17.9. The number of aromatic nitrogens is 2. The van der Waals surface area contributed by atoms with E-state index >= 15 is 0 Å². The highest BCUT2D eigenvalue weighted by molar-refractivity contribution is 9.10. The standard InChI is InChI=1S/C13H12BrFN4O2/c14-7-3-4-9(15)8(6-7)11(20)17-13-19-18-12(21-13)10-2-1-5-16-10/h3-4,6,10,16H,1-2,5H2,(H,17,19,20). The minimum absolute atomic E-state index is 0.0192. The Morgan fingerprint density at radius 2 is 2.33 bits per heavy atom. The number of benzene rings is 1. The molecule has 8 heteroatoms. The third-order valence-corrected chi connectivity index (χ3v) is 3.69. The zero-order valence-corrected chi connectivity index (χ0v) is 12.5. The summed E-state index contributed by atoms with van der Waals surface area (Å²) in [4.78, 5) is 12.0. The molecule has 1 unspecified atom stereocenters. The van der Waals surface area contributed by atoms with Crippen molar-refractivity contribution in [2.45, 2.75) is 18.9 Å². The van der Waals surface area contributed by atoms with Crippen LogP contribution in [-0.2, 0) is 0 Å². The molecule has 1 fully saturated rings. The number of anilines is 1. The van der Waals surface area contributed by atoms with Crippen LogP contribution in [-0.4, -0.2) is 22.6 Å². The van der Waals surface area contributed by atoms with Gasteiger partial charge in [-0.1, -0.05) is 21.0 Å². The van der Waals surface area contributed by atoms with Gasteiger partial charge in [-0.2, -0.15) is 0 Å². The Labute approximate surface area is 128 Å². The Kier molecular flexibility index (Phi) is 3.98. The fraction of sp³-hybridized carbons (Fsp3) is 0.308. The lowest BCUT2D eigenvalue weighted by Crippen LogP contribution is -2.14. The molecule has 1 aliphatic heterocycles. The highest BCUT2D eigenvalue weighted by Gasteiger charge is 2.23. The molecule has 110 valence electrons. The number of amides is 1. The monoisotopic (exact) mass is 354 g/mol. The first-order valence-electron chi connectivity index (χ1n) is 6.46. The van der Waals surface area contributed by atoms with Gasteiger partial charge in [-0.3, -0.25) is 10.1 Å². The average molecular weight is 355 g/mol. The molecule has 2 N–H and O–H groups in total. The topological polar surface area (TPSA) is 80.0 Å². The Balaban J connectivity index is 1.74. The van der Waals surface area contributed by atoms with Crippen LogP contribution in [0.2, 0.25) is 0 Å². The lowest BCUT2D eigenvalue weighted by molar-refractivity contribution is 0.102. The zero-order chi connectivity index (χ0) is 14.8. The maximum Gasteiger partial charge on any atom is 0.322 e. The summed E-state index contributed by atoms with van der Waals surface area (Å²) >= 11 is 3.19.